The fourth-order valence-electron chi connectivity index (χ4n) is 2.50. The number of anilines is 1. The predicted molar refractivity (Wildman–Crippen MR) is 89.3 cm³/mol. The van der Waals surface area contributed by atoms with Crippen LogP contribution in [0, 0.1) is 0 Å². The molecular formula is C17H13ClN2O3. The number of aromatic nitrogens is 1. The largest absolute Gasteiger partial charge is 0.478 e. The van der Waals surface area contributed by atoms with Crippen LogP contribution in [-0.4, -0.2) is 21.6 Å². The molecule has 0 aliphatic carbocycles. The Labute approximate surface area is 137 Å². The van der Waals surface area contributed by atoms with Gasteiger partial charge in [-0.25, -0.2) is 4.79 Å². The highest BCUT2D eigenvalue weighted by molar-refractivity contribution is 6.31. The molecule has 1 amide bonds. The summed E-state index contributed by atoms with van der Waals surface area (Å²) in [6.45, 7) is 0. The third-order valence-corrected chi connectivity index (χ3v) is 3.88. The Morgan fingerprint density at radius 1 is 1.13 bits per heavy atom. The molecular weight excluding hydrogens is 316 g/mol. The molecule has 0 fully saturated rings. The van der Waals surface area contributed by atoms with Gasteiger partial charge in [-0.1, -0.05) is 29.8 Å². The van der Waals surface area contributed by atoms with Gasteiger partial charge in [0.05, 0.1) is 11.3 Å². The molecule has 0 atom stereocenters. The maximum Gasteiger partial charge on any atom is 0.337 e. The number of nitrogens with zero attached hydrogens (tertiary/aromatic N) is 1. The van der Waals surface area contributed by atoms with Gasteiger partial charge in [-0.15, -0.1) is 0 Å². The highest BCUT2D eigenvalue weighted by atomic mass is 35.5. The maximum absolute atomic E-state index is 12.5. The van der Waals surface area contributed by atoms with E-state index in [2.05, 4.69) is 5.32 Å². The molecule has 3 rings (SSSR count). The molecule has 0 radical (unpaired) electrons. The van der Waals surface area contributed by atoms with Crippen molar-refractivity contribution >= 4 is 40.1 Å². The molecule has 0 bridgehead atoms. The molecule has 3 aromatic rings. The highest BCUT2D eigenvalue weighted by Crippen LogP contribution is 2.23. The number of aromatic carboxylic acids is 1. The van der Waals surface area contributed by atoms with E-state index in [0.29, 0.717) is 10.7 Å². The van der Waals surface area contributed by atoms with Gasteiger partial charge in [-0.05, 0) is 30.3 Å². The Balaban J connectivity index is 1.98. The number of nitrogens with one attached hydrogen (secondary N) is 1. The van der Waals surface area contributed by atoms with Crippen LogP contribution >= 0.6 is 11.6 Å². The average molecular weight is 329 g/mol. The molecule has 0 unspecified atom stereocenters. The number of carboxylic acid groups (broad SMARTS) is 1. The lowest BCUT2D eigenvalue weighted by Gasteiger charge is -2.09. The molecule has 2 aromatic carbocycles. The van der Waals surface area contributed by atoms with Crippen molar-refractivity contribution in [3.63, 3.8) is 0 Å². The number of carboxylic acids is 1. The highest BCUT2D eigenvalue weighted by Gasteiger charge is 2.17. The van der Waals surface area contributed by atoms with E-state index in [0.717, 1.165) is 10.9 Å². The summed E-state index contributed by atoms with van der Waals surface area (Å²) in [5, 5.41) is 13.1. The number of carbonyl (C=O) groups is 2. The summed E-state index contributed by atoms with van der Waals surface area (Å²) in [6, 6.07) is 13.7. The average Bonchev–Trinajstić information content (AvgIpc) is 2.86. The smallest absolute Gasteiger partial charge is 0.337 e. The molecule has 23 heavy (non-hydrogen) atoms. The zero-order valence-electron chi connectivity index (χ0n) is 12.2. The topological polar surface area (TPSA) is 71.3 Å². The minimum Gasteiger partial charge on any atom is -0.478 e. The van der Waals surface area contributed by atoms with Crippen molar-refractivity contribution in [3.8, 4) is 0 Å². The van der Waals surface area contributed by atoms with Crippen molar-refractivity contribution in [3.05, 3.63) is 64.8 Å². The second kappa shape index (κ2) is 5.78. The number of rotatable bonds is 3. The van der Waals surface area contributed by atoms with E-state index >= 15 is 0 Å². The van der Waals surface area contributed by atoms with Gasteiger partial charge in [0.1, 0.15) is 5.69 Å². The van der Waals surface area contributed by atoms with E-state index in [9.17, 15) is 14.7 Å². The second-order valence-electron chi connectivity index (χ2n) is 5.10. The molecule has 0 aliphatic rings. The molecule has 0 spiro atoms. The number of carbonyl (C=O) groups excluding carboxylic acids is 1. The summed E-state index contributed by atoms with van der Waals surface area (Å²) in [6.07, 6.45) is 0. The van der Waals surface area contributed by atoms with Crippen LogP contribution in [0.4, 0.5) is 5.69 Å². The van der Waals surface area contributed by atoms with Gasteiger partial charge in [0.15, 0.2) is 0 Å². The second-order valence-corrected chi connectivity index (χ2v) is 5.53. The van der Waals surface area contributed by atoms with Crippen LogP contribution in [0.1, 0.15) is 20.8 Å². The lowest BCUT2D eigenvalue weighted by molar-refractivity contribution is 0.0698. The lowest BCUT2D eigenvalue weighted by Crippen LogP contribution is -2.17. The standard InChI is InChI=1S/C17H13ClN2O3/c1-20-14-5-3-2-4-10(14)8-15(20)16(21)19-13-7-6-11(18)9-12(13)17(22)23/h2-9H,1H3,(H,19,21)(H,22,23). The van der Waals surface area contributed by atoms with E-state index in [-0.39, 0.29) is 17.2 Å². The molecule has 1 heterocycles. The van der Waals surface area contributed by atoms with Gasteiger partial charge < -0.3 is 15.0 Å². The van der Waals surface area contributed by atoms with Gasteiger partial charge in [0, 0.05) is 23.0 Å². The Bertz CT molecular complexity index is 931. The number of amides is 1. The summed E-state index contributed by atoms with van der Waals surface area (Å²) < 4.78 is 1.76. The van der Waals surface area contributed by atoms with Gasteiger partial charge in [0.25, 0.3) is 5.91 Å². The van der Waals surface area contributed by atoms with Crippen molar-refractivity contribution in [2.45, 2.75) is 0 Å². The van der Waals surface area contributed by atoms with Crippen LogP contribution in [0.15, 0.2) is 48.5 Å². The Hall–Kier alpha value is -2.79. The maximum atomic E-state index is 12.5. The normalized spacial score (nSPS) is 10.7. The number of halogens is 1. The first-order valence-electron chi connectivity index (χ1n) is 6.86. The molecule has 5 nitrogen and oxygen atoms in total. The molecule has 0 saturated carbocycles. The van der Waals surface area contributed by atoms with Crippen LogP contribution in [0.2, 0.25) is 5.02 Å². The predicted octanol–water partition coefficient (Wildman–Crippen LogP) is 3.78. The molecule has 0 saturated heterocycles. The van der Waals surface area contributed by atoms with Crippen LogP contribution in [0.25, 0.3) is 10.9 Å². The number of hydrogen-bond acceptors (Lipinski definition) is 2. The number of benzene rings is 2. The molecule has 2 N–H and O–H groups in total. The van der Waals surface area contributed by atoms with Crippen molar-refractivity contribution in [1.82, 2.24) is 4.57 Å². The number of fused-ring (bicyclic) bond motifs is 1. The van der Waals surface area contributed by atoms with Gasteiger partial charge >= 0.3 is 5.97 Å². The first-order chi connectivity index (χ1) is 11.0. The quantitative estimate of drug-likeness (QED) is 0.768. The minimum atomic E-state index is -1.15. The van der Waals surface area contributed by atoms with Crippen molar-refractivity contribution < 1.29 is 14.7 Å². The first kappa shape index (κ1) is 15.1. The SMILES string of the molecule is Cn1c(C(=O)Nc2ccc(Cl)cc2C(=O)O)cc2ccccc21. The summed E-state index contributed by atoms with van der Waals surface area (Å²) in [7, 11) is 1.79. The van der Waals surface area contributed by atoms with Crippen LogP contribution in [0.5, 0.6) is 0 Å². The van der Waals surface area contributed by atoms with Crippen molar-refractivity contribution in [2.75, 3.05) is 5.32 Å². The Kier molecular flexibility index (Phi) is 3.80. The minimum absolute atomic E-state index is 0.0513. The number of para-hydroxylation sites is 1. The van der Waals surface area contributed by atoms with Gasteiger partial charge in [-0.3, -0.25) is 4.79 Å². The summed E-state index contributed by atoms with van der Waals surface area (Å²) in [5.74, 6) is -1.53. The zero-order valence-corrected chi connectivity index (χ0v) is 13.0. The van der Waals surface area contributed by atoms with E-state index in [1.807, 2.05) is 24.3 Å². The fraction of sp³-hybridized carbons (Fsp3) is 0.0588. The van der Waals surface area contributed by atoms with Crippen LogP contribution in [-0.2, 0) is 7.05 Å². The molecule has 116 valence electrons. The van der Waals surface area contributed by atoms with Gasteiger partial charge in [0.2, 0.25) is 0 Å². The molecule has 1 aromatic heterocycles. The van der Waals surface area contributed by atoms with Crippen LogP contribution in [0.3, 0.4) is 0 Å². The fourth-order valence-corrected chi connectivity index (χ4v) is 2.67. The number of aryl methyl sites for hydroxylation is 1. The third kappa shape index (κ3) is 2.78. The van der Waals surface area contributed by atoms with Crippen molar-refractivity contribution in [2.24, 2.45) is 7.05 Å². The third-order valence-electron chi connectivity index (χ3n) is 3.64. The summed E-state index contributed by atoms with van der Waals surface area (Å²) >= 11 is 5.81. The van der Waals surface area contributed by atoms with E-state index < -0.39 is 5.97 Å². The van der Waals surface area contributed by atoms with Crippen molar-refractivity contribution in [1.29, 1.82) is 0 Å². The molecule has 6 heteroatoms. The van der Waals surface area contributed by atoms with Crippen LogP contribution < -0.4 is 5.32 Å². The lowest BCUT2D eigenvalue weighted by atomic mass is 10.1. The molecule has 0 aliphatic heterocycles. The van der Waals surface area contributed by atoms with E-state index in [4.69, 9.17) is 11.6 Å². The Morgan fingerprint density at radius 3 is 2.57 bits per heavy atom. The number of hydrogen-bond donors (Lipinski definition) is 2. The zero-order chi connectivity index (χ0) is 16.6. The first-order valence-corrected chi connectivity index (χ1v) is 7.24. The van der Waals surface area contributed by atoms with E-state index in [1.165, 1.54) is 18.2 Å². The van der Waals surface area contributed by atoms with Gasteiger partial charge in [-0.2, -0.15) is 0 Å². The Morgan fingerprint density at radius 2 is 1.87 bits per heavy atom. The summed E-state index contributed by atoms with van der Waals surface area (Å²) in [5.41, 5.74) is 1.52. The van der Waals surface area contributed by atoms with E-state index in [1.54, 1.807) is 17.7 Å². The monoisotopic (exact) mass is 328 g/mol. The summed E-state index contributed by atoms with van der Waals surface area (Å²) in [4.78, 5) is 23.8.